The predicted octanol–water partition coefficient (Wildman–Crippen LogP) is 1.36. The normalized spacial score (nSPS) is 16.9. The quantitative estimate of drug-likeness (QED) is 0.592. The van der Waals surface area contributed by atoms with Crippen LogP contribution in [-0.2, 0) is 14.8 Å². The van der Waals surface area contributed by atoms with E-state index in [4.69, 9.17) is 23.2 Å². The molecule has 3 rings (SSSR count). The van der Waals surface area contributed by atoms with E-state index in [-0.39, 0.29) is 20.6 Å². The summed E-state index contributed by atoms with van der Waals surface area (Å²) < 4.78 is 28.8. The van der Waals surface area contributed by atoms with Gasteiger partial charge >= 0.3 is 0 Å². The monoisotopic (exact) mass is 517 g/mol. The number of sulfonamides is 1. The van der Waals surface area contributed by atoms with Gasteiger partial charge in [-0.15, -0.1) is 0 Å². The molecule has 2 aromatic rings. The summed E-state index contributed by atoms with van der Waals surface area (Å²) in [5.74, 6) is -0.769. The van der Waals surface area contributed by atoms with Gasteiger partial charge in [0.05, 0.1) is 22.7 Å². The van der Waals surface area contributed by atoms with Crippen molar-refractivity contribution in [2.24, 2.45) is 0 Å². The Morgan fingerprint density at radius 2 is 1.97 bits per heavy atom. The molecule has 0 aliphatic carbocycles. The molecule has 10 nitrogen and oxygen atoms in total. The molecule has 0 bridgehead atoms. The number of carbonyl (C=O) groups is 1. The number of nitrogens with one attached hydrogen (secondary N) is 1. The molecule has 0 saturated carbocycles. The number of anilines is 1. The van der Waals surface area contributed by atoms with Crippen LogP contribution in [0.3, 0.4) is 0 Å². The summed E-state index contributed by atoms with van der Waals surface area (Å²) in [6, 6.07) is 3.11. The van der Waals surface area contributed by atoms with E-state index in [1.165, 1.54) is 10.4 Å². The van der Waals surface area contributed by atoms with Crippen molar-refractivity contribution in [3.8, 4) is 0 Å². The Kier molecular flexibility index (Phi) is 8.14. The van der Waals surface area contributed by atoms with Crippen LogP contribution in [0.1, 0.15) is 18.0 Å². The van der Waals surface area contributed by atoms with Gasteiger partial charge in [0.25, 0.3) is 11.5 Å². The molecule has 0 spiro atoms. The fourth-order valence-corrected chi connectivity index (χ4v) is 5.48. The highest BCUT2D eigenvalue weighted by atomic mass is 35.5. The molecule has 33 heavy (non-hydrogen) atoms. The van der Waals surface area contributed by atoms with Gasteiger partial charge in [-0.1, -0.05) is 29.3 Å². The minimum Gasteiger partial charge on any atom is -0.394 e. The number of carbonyl (C=O) groups excluding carboxylic acids is 1. The van der Waals surface area contributed by atoms with Crippen molar-refractivity contribution >= 4 is 44.8 Å². The van der Waals surface area contributed by atoms with Gasteiger partial charge in [0.2, 0.25) is 10.0 Å². The zero-order chi connectivity index (χ0) is 24.3. The summed E-state index contributed by atoms with van der Waals surface area (Å²) in [7, 11) is -1.84. The lowest BCUT2D eigenvalue weighted by Crippen LogP contribution is -2.37. The predicted molar refractivity (Wildman–Crippen MR) is 125 cm³/mol. The summed E-state index contributed by atoms with van der Waals surface area (Å²) in [5, 5.41) is 15.6. The number of likely N-dealkylation sites (N-methyl/N-ethyl adjacent to an activating group) is 1. The van der Waals surface area contributed by atoms with Crippen LogP contribution < -0.4 is 10.9 Å². The average molecular weight is 518 g/mol. The molecule has 13 heteroatoms. The van der Waals surface area contributed by atoms with Gasteiger partial charge in [-0.05, 0) is 44.6 Å². The van der Waals surface area contributed by atoms with Crippen LogP contribution in [0.15, 0.2) is 34.1 Å². The number of hydrogen-bond acceptors (Lipinski definition) is 7. The Balaban J connectivity index is 1.88. The first-order valence-corrected chi connectivity index (χ1v) is 12.4. The van der Waals surface area contributed by atoms with Crippen molar-refractivity contribution in [1.29, 1.82) is 0 Å². The SMILES string of the molecule is Cc1ccc(NC(=O)C(CO)n2ncc(Cl)c(Cl)c2=O)cc1S(=O)(=O)N1CCCN(C)CC1. The van der Waals surface area contributed by atoms with Gasteiger partial charge in [-0.25, -0.2) is 13.1 Å². The van der Waals surface area contributed by atoms with Crippen molar-refractivity contribution in [1.82, 2.24) is 19.0 Å². The van der Waals surface area contributed by atoms with E-state index in [9.17, 15) is 23.1 Å². The molecule has 1 fully saturated rings. The van der Waals surface area contributed by atoms with E-state index in [0.717, 1.165) is 23.8 Å². The van der Waals surface area contributed by atoms with E-state index in [0.29, 0.717) is 25.2 Å². The molecule has 1 aromatic carbocycles. The summed E-state index contributed by atoms with van der Waals surface area (Å²) in [6.07, 6.45) is 1.81. The third kappa shape index (κ3) is 5.56. The van der Waals surface area contributed by atoms with Crippen LogP contribution in [-0.4, -0.2) is 78.3 Å². The molecule has 1 aliphatic rings. The maximum atomic E-state index is 13.3. The van der Waals surface area contributed by atoms with Crippen LogP contribution in [0.2, 0.25) is 10.0 Å². The fraction of sp³-hybridized carbons (Fsp3) is 0.450. The zero-order valence-electron chi connectivity index (χ0n) is 18.2. The first-order valence-electron chi connectivity index (χ1n) is 10.2. The Hall–Kier alpha value is -2.02. The second-order valence-corrected chi connectivity index (χ2v) is 10.5. The molecule has 180 valence electrons. The Morgan fingerprint density at radius 1 is 1.24 bits per heavy atom. The molecule has 1 atom stereocenters. The van der Waals surface area contributed by atoms with E-state index >= 15 is 0 Å². The molecule has 1 aromatic heterocycles. The summed E-state index contributed by atoms with van der Waals surface area (Å²) in [4.78, 5) is 27.3. The lowest BCUT2D eigenvalue weighted by Gasteiger charge is -2.22. The summed E-state index contributed by atoms with van der Waals surface area (Å²) in [6.45, 7) is 3.14. The minimum atomic E-state index is -3.79. The second-order valence-electron chi connectivity index (χ2n) is 7.79. The maximum absolute atomic E-state index is 13.3. The number of hydrogen-bond donors (Lipinski definition) is 2. The van der Waals surface area contributed by atoms with Crippen molar-refractivity contribution in [3.63, 3.8) is 0 Å². The second kappa shape index (κ2) is 10.5. The largest absolute Gasteiger partial charge is 0.394 e. The third-order valence-corrected chi connectivity index (χ3v) is 8.21. The lowest BCUT2D eigenvalue weighted by atomic mass is 10.2. The molecule has 1 unspecified atom stereocenters. The Morgan fingerprint density at radius 3 is 2.67 bits per heavy atom. The number of aromatic nitrogens is 2. The van der Waals surface area contributed by atoms with Crippen LogP contribution >= 0.6 is 23.2 Å². The van der Waals surface area contributed by atoms with Gasteiger partial charge < -0.3 is 15.3 Å². The van der Waals surface area contributed by atoms with Crippen molar-refractivity contribution < 1.29 is 18.3 Å². The molecule has 2 N–H and O–H groups in total. The number of aryl methyl sites for hydroxylation is 1. The highest BCUT2D eigenvalue weighted by molar-refractivity contribution is 7.89. The highest BCUT2D eigenvalue weighted by Crippen LogP contribution is 2.25. The number of halogens is 2. The average Bonchev–Trinajstić information content (AvgIpc) is 3.00. The van der Waals surface area contributed by atoms with E-state index in [2.05, 4.69) is 15.3 Å². The smallest absolute Gasteiger partial charge is 0.287 e. The zero-order valence-corrected chi connectivity index (χ0v) is 20.5. The molecule has 1 saturated heterocycles. The molecule has 0 radical (unpaired) electrons. The van der Waals surface area contributed by atoms with Crippen LogP contribution in [0.5, 0.6) is 0 Å². The van der Waals surface area contributed by atoms with Gasteiger partial charge in [0, 0.05) is 25.3 Å². The maximum Gasteiger partial charge on any atom is 0.287 e. The minimum absolute atomic E-state index is 0.0789. The number of nitrogens with zero attached hydrogens (tertiary/aromatic N) is 4. The number of aliphatic hydroxyl groups excluding tert-OH is 1. The first kappa shape index (κ1) is 25.6. The number of aliphatic hydroxyl groups is 1. The van der Waals surface area contributed by atoms with Crippen LogP contribution in [0.4, 0.5) is 5.69 Å². The Labute approximate surface area is 201 Å². The van der Waals surface area contributed by atoms with Gasteiger partial charge in [0.15, 0.2) is 6.04 Å². The topological polar surface area (TPSA) is 125 Å². The van der Waals surface area contributed by atoms with Gasteiger partial charge in [0.1, 0.15) is 5.02 Å². The van der Waals surface area contributed by atoms with E-state index in [1.54, 1.807) is 19.1 Å². The molecular weight excluding hydrogens is 493 g/mol. The fourth-order valence-electron chi connectivity index (χ4n) is 3.50. The number of benzene rings is 1. The molecule has 2 heterocycles. The van der Waals surface area contributed by atoms with Crippen LogP contribution in [0, 0.1) is 6.92 Å². The highest BCUT2D eigenvalue weighted by Gasteiger charge is 2.29. The van der Waals surface area contributed by atoms with Crippen molar-refractivity contribution in [2.45, 2.75) is 24.3 Å². The molecule has 1 aliphatic heterocycles. The number of amides is 1. The molecule has 1 amide bonds. The summed E-state index contributed by atoms with van der Waals surface area (Å²) in [5.41, 5.74) is -0.106. The standard InChI is InChI=1S/C20H25Cl2N5O5S/c1-13-4-5-14(10-17(13)33(31,32)26-7-3-6-25(2)8-9-26)24-19(29)16(12-28)27-20(30)18(22)15(21)11-23-27/h4-5,10-11,16,28H,3,6-9,12H2,1-2H3,(H,24,29). The van der Waals surface area contributed by atoms with Crippen molar-refractivity contribution in [2.75, 3.05) is 45.2 Å². The van der Waals surface area contributed by atoms with Crippen LogP contribution in [0.25, 0.3) is 0 Å². The Bertz CT molecular complexity index is 1200. The van der Waals surface area contributed by atoms with Crippen molar-refractivity contribution in [3.05, 3.63) is 50.4 Å². The number of rotatable bonds is 6. The first-order chi connectivity index (χ1) is 15.6. The van der Waals surface area contributed by atoms with E-state index < -0.39 is 34.1 Å². The third-order valence-electron chi connectivity index (χ3n) is 5.42. The lowest BCUT2D eigenvalue weighted by molar-refractivity contribution is -0.120. The summed E-state index contributed by atoms with van der Waals surface area (Å²) >= 11 is 11.6. The van der Waals surface area contributed by atoms with E-state index in [1.807, 2.05) is 7.05 Å². The van der Waals surface area contributed by atoms with Gasteiger partial charge in [-0.2, -0.15) is 9.40 Å². The van der Waals surface area contributed by atoms with Gasteiger partial charge in [-0.3, -0.25) is 9.59 Å². The molecular formula is C20H25Cl2N5O5S.